The van der Waals surface area contributed by atoms with Crippen LogP contribution in [0, 0.1) is 0 Å². The van der Waals surface area contributed by atoms with Gasteiger partial charge in [0.2, 0.25) is 0 Å². The van der Waals surface area contributed by atoms with Crippen molar-refractivity contribution in [2.24, 2.45) is 5.73 Å². The maximum atomic E-state index is 6.27. The predicted octanol–water partition coefficient (Wildman–Crippen LogP) is 3.16. The number of halogens is 1. The summed E-state index contributed by atoms with van der Waals surface area (Å²) in [5.74, 6) is -0.358. The normalized spacial score (nSPS) is 29.8. The molecule has 2 N–H and O–H groups in total. The van der Waals surface area contributed by atoms with Crippen molar-refractivity contribution >= 4 is 27.7 Å². The van der Waals surface area contributed by atoms with E-state index in [2.05, 4.69) is 40.2 Å². The van der Waals surface area contributed by atoms with Crippen LogP contribution in [-0.2, 0) is 9.47 Å². The second-order valence-corrected chi connectivity index (χ2v) is 7.35. The third kappa shape index (κ3) is 3.16. The number of hydrogen-bond donors (Lipinski definition) is 1. The average Bonchev–Trinajstić information content (AvgIpc) is 2.85. The van der Waals surface area contributed by atoms with E-state index in [1.807, 2.05) is 11.8 Å². The highest BCUT2D eigenvalue weighted by atomic mass is 79.9. The number of rotatable bonds is 2. The molecule has 1 aromatic carbocycles. The van der Waals surface area contributed by atoms with E-state index in [-0.39, 0.29) is 11.8 Å². The summed E-state index contributed by atoms with van der Waals surface area (Å²) in [6.45, 7) is 1.43. The van der Waals surface area contributed by atoms with E-state index < -0.39 is 0 Å². The molecule has 1 aliphatic heterocycles. The molecule has 2 fully saturated rings. The van der Waals surface area contributed by atoms with E-state index in [0.29, 0.717) is 18.5 Å². The van der Waals surface area contributed by atoms with Crippen LogP contribution in [-0.4, -0.2) is 30.3 Å². The number of nitrogens with two attached hydrogens (primary N) is 1. The van der Waals surface area contributed by atoms with E-state index in [0.717, 1.165) is 23.7 Å². The van der Waals surface area contributed by atoms with Crippen LogP contribution in [0.4, 0.5) is 0 Å². The molecule has 19 heavy (non-hydrogen) atoms. The number of thioether (sulfide) groups is 1. The van der Waals surface area contributed by atoms with Gasteiger partial charge in [-0.1, -0.05) is 15.9 Å². The van der Waals surface area contributed by atoms with Crippen LogP contribution >= 0.6 is 27.7 Å². The van der Waals surface area contributed by atoms with Gasteiger partial charge in [0, 0.05) is 33.5 Å². The van der Waals surface area contributed by atoms with Crippen molar-refractivity contribution in [3.8, 4) is 0 Å². The molecule has 0 aromatic heterocycles. The molecule has 5 heteroatoms. The largest absolute Gasteiger partial charge is 0.347 e. The molecule has 1 aliphatic carbocycles. The zero-order valence-electron chi connectivity index (χ0n) is 10.7. The Bertz CT molecular complexity index is 434. The molecule has 1 aromatic rings. The van der Waals surface area contributed by atoms with Crippen LogP contribution < -0.4 is 5.73 Å². The molecule has 0 amide bonds. The Balaban J connectivity index is 1.69. The Kier molecular flexibility index (Phi) is 4.19. The Hall–Kier alpha value is -0.0700. The average molecular weight is 344 g/mol. The molecule has 2 aliphatic rings. The molecule has 1 heterocycles. The molecule has 3 nitrogen and oxygen atoms in total. The van der Waals surface area contributed by atoms with Crippen LogP contribution in [0.3, 0.4) is 0 Å². The quantitative estimate of drug-likeness (QED) is 0.895. The standard InChI is InChI=1S/C14H18BrNO2S/c15-10-1-3-11(4-2-10)19-13-9-14(6-5-12(13)16)17-7-8-18-14/h1-4,12-13H,5-9,16H2. The van der Waals surface area contributed by atoms with Gasteiger partial charge < -0.3 is 15.2 Å². The number of benzene rings is 1. The maximum absolute atomic E-state index is 6.27. The van der Waals surface area contributed by atoms with Crippen molar-refractivity contribution in [1.82, 2.24) is 0 Å². The van der Waals surface area contributed by atoms with Gasteiger partial charge in [0.25, 0.3) is 0 Å². The first-order valence-electron chi connectivity index (χ1n) is 6.63. The molecular weight excluding hydrogens is 326 g/mol. The Morgan fingerprint density at radius 2 is 1.89 bits per heavy atom. The maximum Gasteiger partial charge on any atom is 0.169 e. The summed E-state index contributed by atoms with van der Waals surface area (Å²) in [6.07, 6.45) is 2.77. The van der Waals surface area contributed by atoms with Gasteiger partial charge >= 0.3 is 0 Å². The van der Waals surface area contributed by atoms with Crippen molar-refractivity contribution in [1.29, 1.82) is 0 Å². The van der Waals surface area contributed by atoms with Gasteiger partial charge in [0.1, 0.15) is 0 Å². The highest BCUT2D eigenvalue weighted by Crippen LogP contribution is 2.42. The third-order valence-electron chi connectivity index (χ3n) is 3.76. The summed E-state index contributed by atoms with van der Waals surface area (Å²) in [6, 6.07) is 8.59. The lowest BCUT2D eigenvalue weighted by Crippen LogP contribution is -2.47. The van der Waals surface area contributed by atoms with Crippen LogP contribution in [0.15, 0.2) is 33.6 Å². The zero-order chi connectivity index (χ0) is 13.3. The van der Waals surface area contributed by atoms with Gasteiger partial charge in [-0.2, -0.15) is 0 Å². The van der Waals surface area contributed by atoms with Gasteiger partial charge in [0.15, 0.2) is 5.79 Å². The second-order valence-electron chi connectivity index (χ2n) is 5.12. The highest BCUT2D eigenvalue weighted by molar-refractivity contribution is 9.10. The Morgan fingerprint density at radius 3 is 2.58 bits per heavy atom. The lowest BCUT2D eigenvalue weighted by molar-refractivity contribution is -0.176. The molecule has 2 atom stereocenters. The lowest BCUT2D eigenvalue weighted by Gasteiger charge is -2.39. The van der Waals surface area contributed by atoms with Crippen LogP contribution in [0.2, 0.25) is 0 Å². The minimum absolute atomic E-state index is 0.215. The topological polar surface area (TPSA) is 44.5 Å². The molecule has 0 radical (unpaired) electrons. The first-order chi connectivity index (χ1) is 9.17. The predicted molar refractivity (Wildman–Crippen MR) is 80.2 cm³/mol. The van der Waals surface area contributed by atoms with Gasteiger partial charge in [-0.3, -0.25) is 0 Å². The minimum Gasteiger partial charge on any atom is -0.347 e. The van der Waals surface area contributed by atoms with Gasteiger partial charge in [-0.15, -0.1) is 11.8 Å². The van der Waals surface area contributed by atoms with E-state index in [4.69, 9.17) is 15.2 Å². The summed E-state index contributed by atoms with van der Waals surface area (Å²) in [5.41, 5.74) is 6.27. The molecule has 0 bridgehead atoms. The van der Waals surface area contributed by atoms with Crippen LogP contribution in [0.5, 0.6) is 0 Å². The summed E-state index contributed by atoms with van der Waals surface area (Å²) in [5, 5.41) is 0.355. The SMILES string of the molecule is NC1CCC2(CC1Sc1ccc(Br)cc1)OCCO2. The molecule has 104 valence electrons. The van der Waals surface area contributed by atoms with E-state index >= 15 is 0 Å². The molecular formula is C14H18BrNO2S. The van der Waals surface area contributed by atoms with E-state index in [1.165, 1.54) is 4.90 Å². The van der Waals surface area contributed by atoms with E-state index in [1.54, 1.807) is 0 Å². The van der Waals surface area contributed by atoms with E-state index in [9.17, 15) is 0 Å². The van der Waals surface area contributed by atoms with Crippen molar-refractivity contribution < 1.29 is 9.47 Å². The summed E-state index contributed by atoms with van der Waals surface area (Å²) in [4.78, 5) is 1.25. The summed E-state index contributed by atoms with van der Waals surface area (Å²) in [7, 11) is 0. The zero-order valence-corrected chi connectivity index (χ0v) is 13.1. The monoisotopic (exact) mass is 343 g/mol. The number of hydrogen-bond acceptors (Lipinski definition) is 4. The van der Waals surface area contributed by atoms with Crippen molar-refractivity contribution in [2.45, 2.75) is 41.2 Å². The summed E-state index contributed by atoms with van der Waals surface area (Å²) >= 11 is 5.29. The van der Waals surface area contributed by atoms with Crippen molar-refractivity contribution in [2.75, 3.05) is 13.2 Å². The fourth-order valence-electron chi connectivity index (χ4n) is 2.71. The van der Waals surface area contributed by atoms with Crippen molar-refractivity contribution in [3.63, 3.8) is 0 Å². The summed E-state index contributed by atoms with van der Waals surface area (Å²) < 4.78 is 12.7. The van der Waals surface area contributed by atoms with Gasteiger partial charge in [-0.05, 0) is 30.7 Å². The van der Waals surface area contributed by atoms with Gasteiger partial charge in [0.05, 0.1) is 13.2 Å². The fraction of sp³-hybridized carbons (Fsp3) is 0.571. The lowest BCUT2D eigenvalue weighted by atomic mass is 9.90. The van der Waals surface area contributed by atoms with Gasteiger partial charge in [-0.25, -0.2) is 0 Å². The third-order valence-corrected chi connectivity index (χ3v) is 5.65. The molecule has 2 unspecified atom stereocenters. The molecule has 1 saturated carbocycles. The first-order valence-corrected chi connectivity index (χ1v) is 8.30. The Labute approximate surface area is 126 Å². The second kappa shape index (κ2) is 5.74. The molecule has 1 spiro atoms. The first kappa shape index (κ1) is 13.9. The number of ether oxygens (including phenoxy) is 2. The Morgan fingerprint density at radius 1 is 1.21 bits per heavy atom. The van der Waals surface area contributed by atoms with Crippen molar-refractivity contribution in [3.05, 3.63) is 28.7 Å². The smallest absolute Gasteiger partial charge is 0.169 e. The van der Waals surface area contributed by atoms with Crippen LogP contribution in [0.1, 0.15) is 19.3 Å². The van der Waals surface area contributed by atoms with Crippen LogP contribution in [0.25, 0.3) is 0 Å². The molecule has 1 saturated heterocycles. The minimum atomic E-state index is -0.358. The molecule has 3 rings (SSSR count). The fourth-order valence-corrected chi connectivity index (χ4v) is 4.26. The highest BCUT2D eigenvalue weighted by Gasteiger charge is 2.44.